The second-order valence-electron chi connectivity index (χ2n) is 4.32. The Hall–Kier alpha value is -1.10. The van der Waals surface area contributed by atoms with Crippen molar-refractivity contribution in [3.8, 4) is 0 Å². The van der Waals surface area contributed by atoms with Crippen molar-refractivity contribution < 1.29 is 9.18 Å². The smallest absolute Gasteiger partial charge is 0.222 e. The SMILES string of the molecule is CCC(=O)N1CCN(c2cc(F)ccc2Br)CC1. The topological polar surface area (TPSA) is 23.6 Å². The molecular formula is C13H16BrFN2O. The van der Waals surface area contributed by atoms with Crippen LogP contribution < -0.4 is 4.90 Å². The van der Waals surface area contributed by atoms with Crippen molar-refractivity contribution in [1.29, 1.82) is 0 Å². The Balaban J connectivity index is 2.05. The predicted molar refractivity (Wildman–Crippen MR) is 73.2 cm³/mol. The average molecular weight is 315 g/mol. The first kappa shape index (κ1) is 13.3. The van der Waals surface area contributed by atoms with E-state index in [4.69, 9.17) is 0 Å². The van der Waals surface area contributed by atoms with Gasteiger partial charge >= 0.3 is 0 Å². The number of benzene rings is 1. The summed E-state index contributed by atoms with van der Waals surface area (Å²) in [5, 5.41) is 0. The van der Waals surface area contributed by atoms with Gasteiger partial charge in [-0.1, -0.05) is 6.92 Å². The number of hydrogen-bond acceptors (Lipinski definition) is 2. The van der Waals surface area contributed by atoms with Crippen LogP contribution in [-0.4, -0.2) is 37.0 Å². The fraction of sp³-hybridized carbons (Fsp3) is 0.462. The molecule has 0 unspecified atom stereocenters. The highest BCUT2D eigenvalue weighted by Crippen LogP contribution is 2.27. The first-order valence-corrected chi connectivity index (χ1v) is 6.89. The molecule has 1 saturated heterocycles. The lowest BCUT2D eigenvalue weighted by atomic mass is 10.2. The lowest BCUT2D eigenvalue weighted by Crippen LogP contribution is -2.48. The van der Waals surface area contributed by atoms with Crippen LogP contribution in [0.25, 0.3) is 0 Å². The van der Waals surface area contributed by atoms with E-state index in [1.807, 2.05) is 11.8 Å². The number of piperazine rings is 1. The van der Waals surface area contributed by atoms with Crippen LogP contribution in [0.3, 0.4) is 0 Å². The molecule has 18 heavy (non-hydrogen) atoms. The van der Waals surface area contributed by atoms with E-state index in [1.165, 1.54) is 12.1 Å². The maximum Gasteiger partial charge on any atom is 0.222 e. The molecule has 1 aromatic rings. The molecule has 0 aliphatic carbocycles. The van der Waals surface area contributed by atoms with Gasteiger partial charge in [0.05, 0.1) is 5.69 Å². The van der Waals surface area contributed by atoms with Crippen molar-refractivity contribution in [3.05, 3.63) is 28.5 Å². The van der Waals surface area contributed by atoms with Gasteiger partial charge < -0.3 is 9.80 Å². The molecule has 1 aromatic carbocycles. The van der Waals surface area contributed by atoms with E-state index in [1.54, 1.807) is 6.07 Å². The highest BCUT2D eigenvalue weighted by Gasteiger charge is 2.21. The van der Waals surface area contributed by atoms with Gasteiger partial charge in [-0.2, -0.15) is 0 Å². The minimum atomic E-state index is -0.236. The van der Waals surface area contributed by atoms with E-state index in [9.17, 15) is 9.18 Å². The number of rotatable bonds is 2. The van der Waals surface area contributed by atoms with Crippen LogP contribution in [0.4, 0.5) is 10.1 Å². The van der Waals surface area contributed by atoms with Crippen LogP contribution >= 0.6 is 15.9 Å². The summed E-state index contributed by atoms with van der Waals surface area (Å²) >= 11 is 3.43. The summed E-state index contributed by atoms with van der Waals surface area (Å²) in [6.07, 6.45) is 0.545. The number of hydrogen-bond donors (Lipinski definition) is 0. The molecule has 0 saturated carbocycles. The molecule has 3 nitrogen and oxygen atoms in total. The van der Waals surface area contributed by atoms with E-state index in [2.05, 4.69) is 20.8 Å². The molecule has 5 heteroatoms. The van der Waals surface area contributed by atoms with Crippen LogP contribution in [0.2, 0.25) is 0 Å². The second-order valence-corrected chi connectivity index (χ2v) is 5.17. The van der Waals surface area contributed by atoms with E-state index >= 15 is 0 Å². The molecule has 98 valence electrons. The van der Waals surface area contributed by atoms with Crippen molar-refractivity contribution in [2.45, 2.75) is 13.3 Å². The van der Waals surface area contributed by atoms with Gasteiger partial charge in [0.2, 0.25) is 5.91 Å². The van der Waals surface area contributed by atoms with Gasteiger partial charge in [-0.3, -0.25) is 4.79 Å². The molecule has 1 amide bonds. The van der Waals surface area contributed by atoms with Crippen molar-refractivity contribution in [1.82, 2.24) is 4.90 Å². The van der Waals surface area contributed by atoms with Gasteiger partial charge in [-0.15, -0.1) is 0 Å². The van der Waals surface area contributed by atoms with Crippen LogP contribution in [0.1, 0.15) is 13.3 Å². The van der Waals surface area contributed by atoms with Gasteiger partial charge in [0.25, 0.3) is 0 Å². The summed E-state index contributed by atoms with van der Waals surface area (Å²) in [5.41, 5.74) is 0.860. The zero-order chi connectivity index (χ0) is 13.1. The summed E-state index contributed by atoms with van der Waals surface area (Å²) in [6.45, 7) is 4.77. The molecule has 0 bridgehead atoms. The minimum absolute atomic E-state index is 0.188. The second kappa shape index (κ2) is 5.69. The lowest BCUT2D eigenvalue weighted by Gasteiger charge is -2.36. The molecule has 0 N–H and O–H groups in total. The van der Waals surface area contributed by atoms with Crippen molar-refractivity contribution >= 4 is 27.5 Å². The molecule has 0 atom stereocenters. The molecule has 1 aliphatic heterocycles. The molecule has 0 spiro atoms. The first-order valence-electron chi connectivity index (χ1n) is 6.09. The maximum absolute atomic E-state index is 13.2. The standard InChI is InChI=1S/C13H16BrFN2O/c1-2-13(18)17-7-5-16(6-8-17)12-9-10(15)3-4-11(12)14/h3-4,9H,2,5-8H2,1H3. The summed E-state index contributed by atoms with van der Waals surface area (Å²) < 4.78 is 14.1. The molecule has 0 radical (unpaired) electrons. The number of nitrogens with zero attached hydrogens (tertiary/aromatic N) is 2. The average Bonchev–Trinajstić information content (AvgIpc) is 2.41. The van der Waals surface area contributed by atoms with Crippen molar-refractivity contribution in [3.63, 3.8) is 0 Å². The Labute approximate surface area is 115 Å². The highest BCUT2D eigenvalue weighted by atomic mass is 79.9. The normalized spacial score (nSPS) is 15.9. The molecular weight excluding hydrogens is 299 g/mol. The zero-order valence-electron chi connectivity index (χ0n) is 10.3. The van der Waals surface area contributed by atoms with Gasteiger partial charge in [0.1, 0.15) is 5.82 Å². The molecule has 2 rings (SSSR count). The van der Waals surface area contributed by atoms with Crippen LogP contribution in [0, 0.1) is 5.82 Å². The Morgan fingerprint density at radius 2 is 2.00 bits per heavy atom. The molecule has 1 heterocycles. The third kappa shape index (κ3) is 2.83. The van der Waals surface area contributed by atoms with Gasteiger partial charge in [0, 0.05) is 37.1 Å². The Bertz CT molecular complexity index is 445. The fourth-order valence-corrected chi connectivity index (χ4v) is 2.65. The maximum atomic E-state index is 13.2. The summed E-state index contributed by atoms with van der Waals surface area (Å²) in [6, 6.07) is 4.68. The van der Waals surface area contributed by atoms with Crippen LogP contribution in [0.15, 0.2) is 22.7 Å². The van der Waals surface area contributed by atoms with Crippen LogP contribution in [0.5, 0.6) is 0 Å². The number of carbonyl (C=O) groups excluding carboxylic acids is 1. The molecule has 0 aromatic heterocycles. The highest BCUT2D eigenvalue weighted by molar-refractivity contribution is 9.10. The Morgan fingerprint density at radius 3 is 2.61 bits per heavy atom. The van der Waals surface area contributed by atoms with E-state index in [0.29, 0.717) is 19.5 Å². The Morgan fingerprint density at radius 1 is 1.33 bits per heavy atom. The third-order valence-electron chi connectivity index (χ3n) is 3.18. The number of amides is 1. The number of carbonyl (C=O) groups is 1. The largest absolute Gasteiger partial charge is 0.367 e. The van der Waals surface area contributed by atoms with E-state index in [0.717, 1.165) is 23.2 Å². The zero-order valence-corrected chi connectivity index (χ0v) is 11.9. The third-order valence-corrected chi connectivity index (χ3v) is 3.85. The minimum Gasteiger partial charge on any atom is -0.367 e. The van der Waals surface area contributed by atoms with Crippen LogP contribution in [-0.2, 0) is 4.79 Å². The van der Waals surface area contributed by atoms with Gasteiger partial charge in [0.15, 0.2) is 0 Å². The number of anilines is 1. The summed E-state index contributed by atoms with van der Waals surface area (Å²) in [4.78, 5) is 15.5. The summed E-state index contributed by atoms with van der Waals surface area (Å²) in [7, 11) is 0. The number of halogens is 2. The predicted octanol–water partition coefficient (Wildman–Crippen LogP) is 2.65. The monoisotopic (exact) mass is 314 g/mol. The first-order chi connectivity index (χ1) is 8.61. The van der Waals surface area contributed by atoms with Gasteiger partial charge in [-0.25, -0.2) is 4.39 Å². The molecule has 1 fully saturated rings. The summed E-state index contributed by atoms with van der Waals surface area (Å²) in [5.74, 6) is -0.0479. The Kier molecular flexibility index (Phi) is 4.22. The molecule has 1 aliphatic rings. The van der Waals surface area contributed by atoms with E-state index in [-0.39, 0.29) is 11.7 Å². The fourth-order valence-electron chi connectivity index (χ4n) is 2.15. The van der Waals surface area contributed by atoms with Gasteiger partial charge in [-0.05, 0) is 34.1 Å². The van der Waals surface area contributed by atoms with Crippen molar-refractivity contribution in [2.75, 3.05) is 31.1 Å². The van der Waals surface area contributed by atoms with Crippen molar-refractivity contribution in [2.24, 2.45) is 0 Å². The van der Waals surface area contributed by atoms with E-state index < -0.39 is 0 Å². The quantitative estimate of drug-likeness (QED) is 0.838. The lowest BCUT2D eigenvalue weighted by molar-refractivity contribution is -0.131.